The highest BCUT2D eigenvalue weighted by Gasteiger charge is 2.19. The quantitative estimate of drug-likeness (QED) is 0.766. The SMILES string of the molecule is COC(=O)c1cccc2nc(COC(C)=O)n(CCC(C)C)c12. The van der Waals surface area contributed by atoms with Crippen molar-refractivity contribution in [2.75, 3.05) is 7.11 Å². The molecular weight excluding hydrogens is 296 g/mol. The van der Waals surface area contributed by atoms with Gasteiger partial charge in [-0.3, -0.25) is 4.79 Å². The summed E-state index contributed by atoms with van der Waals surface area (Å²) in [5.41, 5.74) is 1.89. The van der Waals surface area contributed by atoms with Crippen LogP contribution >= 0.6 is 0 Å². The van der Waals surface area contributed by atoms with E-state index >= 15 is 0 Å². The predicted octanol–water partition coefficient (Wildman–Crippen LogP) is 2.93. The zero-order valence-corrected chi connectivity index (χ0v) is 14.0. The molecule has 1 aromatic carbocycles. The molecule has 1 heterocycles. The van der Waals surface area contributed by atoms with Crippen molar-refractivity contribution in [3.8, 4) is 0 Å². The second-order valence-corrected chi connectivity index (χ2v) is 5.81. The first-order chi connectivity index (χ1) is 10.9. The molecule has 0 radical (unpaired) electrons. The van der Waals surface area contributed by atoms with Crippen molar-refractivity contribution in [1.82, 2.24) is 9.55 Å². The third kappa shape index (κ3) is 3.88. The van der Waals surface area contributed by atoms with Crippen molar-refractivity contribution >= 4 is 23.0 Å². The summed E-state index contributed by atoms with van der Waals surface area (Å²) in [7, 11) is 1.36. The topological polar surface area (TPSA) is 70.4 Å². The number of ether oxygens (including phenoxy) is 2. The number of carbonyl (C=O) groups excluding carboxylic acids is 2. The number of aryl methyl sites for hydroxylation is 1. The molecule has 0 saturated heterocycles. The van der Waals surface area contributed by atoms with Crippen LogP contribution in [0.2, 0.25) is 0 Å². The molecule has 0 aliphatic rings. The summed E-state index contributed by atoms with van der Waals surface area (Å²) in [4.78, 5) is 27.7. The molecule has 0 aliphatic heterocycles. The van der Waals surface area contributed by atoms with Crippen molar-refractivity contribution < 1.29 is 19.1 Å². The van der Waals surface area contributed by atoms with E-state index in [1.54, 1.807) is 12.1 Å². The highest BCUT2D eigenvalue weighted by Crippen LogP contribution is 2.23. The Labute approximate surface area is 135 Å². The number of nitrogens with zero attached hydrogens (tertiary/aromatic N) is 2. The summed E-state index contributed by atoms with van der Waals surface area (Å²) in [6, 6.07) is 5.33. The second-order valence-electron chi connectivity index (χ2n) is 5.81. The summed E-state index contributed by atoms with van der Waals surface area (Å²) in [5, 5.41) is 0. The van der Waals surface area contributed by atoms with E-state index in [0.717, 1.165) is 11.9 Å². The first kappa shape index (κ1) is 17.0. The van der Waals surface area contributed by atoms with Crippen LogP contribution in [0, 0.1) is 5.92 Å². The molecule has 6 heteroatoms. The molecule has 0 N–H and O–H groups in total. The van der Waals surface area contributed by atoms with Gasteiger partial charge in [0.05, 0.1) is 23.7 Å². The summed E-state index contributed by atoms with van der Waals surface area (Å²) >= 11 is 0. The average molecular weight is 318 g/mol. The fourth-order valence-electron chi connectivity index (χ4n) is 2.41. The molecule has 1 aromatic heterocycles. The van der Waals surface area contributed by atoms with Crippen LogP contribution in [0.5, 0.6) is 0 Å². The maximum Gasteiger partial charge on any atom is 0.340 e. The summed E-state index contributed by atoms with van der Waals surface area (Å²) < 4.78 is 11.9. The van der Waals surface area contributed by atoms with Crippen LogP contribution in [-0.2, 0) is 27.4 Å². The monoisotopic (exact) mass is 318 g/mol. The Morgan fingerprint density at radius 2 is 2.04 bits per heavy atom. The van der Waals surface area contributed by atoms with Crippen molar-refractivity contribution in [3.63, 3.8) is 0 Å². The first-order valence-electron chi connectivity index (χ1n) is 7.63. The molecule has 23 heavy (non-hydrogen) atoms. The van der Waals surface area contributed by atoms with E-state index in [1.165, 1.54) is 14.0 Å². The van der Waals surface area contributed by atoms with Crippen molar-refractivity contribution in [2.24, 2.45) is 5.92 Å². The highest BCUT2D eigenvalue weighted by molar-refractivity contribution is 6.02. The average Bonchev–Trinajstić information content (AvgIpc) is 2.87. The number of methoxy groups -OCH3 is 1. The molecule has 0 unspecified atom stereocenters. The van der Waals surface area contributed by atoms with Crippen molar-refractivity contribution in [3.05, 3.63) is 29.6 Å². The van der Waals surface area contributed by atoms with Gasteiger partial charge in [-0.05, 0) is 24.5 Å². The van der Waals surface area contributed by atoms with Gasteiger partial charge in [-0.15, -0.1) is 0 Å². The third-order valence-electron chi connectivity index (χ3n) is 3.59. The van der Waals surface area contributed by atoms with Crippen LogP contribution in [0.25, 0.3) is 11.0 Å². The molecule has 0 bridgehead atoms. The maximum absolute atomic E-state index is 12.0. The minimum atomic E-state index is -0.402. The molecule has 0 atom stereocenters. The fraction of sp³-hybridized carbons (Fsp3) is 0.471. The zero-order chi connectivity index (χ0) is 17.0. The Hall–Kier alpha value is -2.37. The Morgan fingerprint density at radius 3 is 2.65 bits per heavy atom. The first-order valence-corrected chi connectivity index (χ1v) is 7.63. The van der Waals surface area contributed by atoms with Gasteiger partial charge in [-0.2, -0.15) is 0 Å². The van der Waals surface area contributed by atoms with Crippen LogP contribution in [0.4, 0.5) is 0 Å². The number of hydrogen-bond donors (Lipinski definition) is 0. The van der Waals surface area contributed by atoms with Crippen molar-refractivity contribution in [2.45, 2.75) is 40.3 Å². The molecule has 0 aliphatic carbocycles. The van der Waals surface area contributed by atoms with E-state index in [2.05, 4.69) is 18.8 Å². The van der Waals surface area contributed by atoms with Crippen LogP contribution in [0.1, 0.15) is 43.4 Å². The smallest absolute Gasteiger partial charge is 0.340 e. The molecule has 0 spiro atoms. The van der Waals surface area contributed by atoms with Gasteiger partial charge in [0.25, 0.3) is 0 Å². The van der Waals surface area contributed by atoms with Crippen LogP contribution in [0.3, 0.4) is 0 Å². The number of imidazole rings is 1. The van der Waals surface area contributed by atoms with Crippen LogP contribution in [-0.4, -0.2) is 28.6 Å². The number of esters is 2. The number of benzene rings is 1. The van der Waals surface area contributed by atoms with Gasteiger partial charge in [0.15, 0.2) is 0 Å². The summed E-state index contributed by atoms with van der Waals surface area (Å²) in [6.07, 6.45) is 0.925. The van der Waals surface area contributed by atoms with Gasteiger partial charge in [0.1, 0.15) is 12.4 Å². The fourth-order valence-corrected chi connectivity index (χ4v) is 2.41. The van der Waals surface area contributed by atoms with Gasteiger partial charge < -0.3 is 14.0 Å². The lowest BCUT2D eigenvalue weighted by Gasteiger charge is -2.12. The Kier molecular flexibility index (Phi) is 5.36. The van der Waals surface area contributed by atoms with Gasteiger partial charge in [0.2, 0.25) is 0 Å². The van der Waals surface area contributed by atoms with Gasteiger partial charge in [-0.25, -0.2) is 9.78 Å². The van der Waals surface area contributed by atoms with Crippen LogP contribution in [0.15, 0.2) is 18.2 Å². The van der Waals surface area contributed by atoms with E-state index in [-0.39, 0.29) is 12.6 Å². The maximum atomic E-state index is 12.0. The number of rotatable bonds is 6. The highest BCUT2D eigenvalue weighted by atomic mass is 16.5. The molecule has 0 amide bonds. The molecule has 0 saturated carbocycles. The number of fused-ring (bicyclic) bond motifs is 1. The molecule has 2 rings (SSSR count). The number of para-hydroxylation sites is 1. The Morgan fingerprint density at radius 1 is 1.30 bits per heavy atom. The summed E-state index contributed by atoms with van der Waals surface area (Å²) in [5.74, 6) is 0.368. The molecule has 0 fully saturated rings. The van der Waals surface area contributed by atoms with E-state index in [4.69, 9.17) is 9.47 Å². The van der Waals surface area contributed by atoms with Gasteiger partial charge >= 0.3 is 11.9 Å². The third-order valence-corrected chi connectivity index (χ3v) is 3.59. The number of hydrogen-bond acceptors (Lipinski definition) is 5. The normalized spacial score (nSPS) is 11.0. The second kappa shape index (κ2) is 7.26. The largest absolute Gasteiger partial charge is 0.465 e. The minimum absolute atomic E-state index is 0.0860. The number of carbonyl (C=O) groups is 2. The van der Waals surface area contributed by atoms with Crippen LogP contribution < -0.4 is 0 Å². The van der Waals surface area contributed by atoms with Gasteiger partial charge in [-0.1, -0.05) is 19.9 Å². The lowest BCUT2D eigenvalue weighted by molar-refractivity contribution is -0.142. The Balaban J connectivity index is 2.53. The predicted molar refractivity (Wildman–Crippen MR) is 86.0 cm³/mol. The lowest BCUT2D eigenvalue weighted by Crippen LogP contribution is -2.11. The van der Waals surface area contributed by atoms with E-state index in [0.29, 0.717) is 29.4 Å². The molecule has 6 nitrogen and oxygen atoms in total. The molecular formula is C17H22N2O4. The van der Waals surface area contributed by atoms with Gasteiger partial charge in [0, 0.05) is 13.5 Å². The van der Waals surface area contributed by atoms with E-state index in [9.17, 15) is 9.59 Å². The van der Waals surface area contributed by atoms with Crippen molar-refractivity contribution in [1.29, 1.82) is 0 Å². The zero-order valence-electron chi connectivity index (χ0n) is 14.0. The lowest BCUT2D eigenvalue weighted by atomic mass is 10.1. The minimum Gasteiger partial charge on any atom is -0.465 e. The summed E-state index contributed by atoms with van der Waals surface area (Å²) in [6.45, 7) is 6.40. The molecule has 2 aromatic rings. The standard InChI is InChI=1S/C17H22N2O4/c1-11(2)8-9-19-15(10-23-12(3)20)18-14-7-5-6-13(16(14)19)17(21)22-4/h5-7,11H,8-10H2,1-4H3. The van der Waals surface area contributed by atoms with E-state index < -0.39 is 5.97 Å². The molecule has 124 valence electrons. The number of aromatic nitrogens is 2. The Bertz CT molecular complexity index is 719. The van der Waals surface area contributed by atoms with E-state index in [1.807, 2.05) is 10.6 Å².